The molecular weight excluding hydrogens is 851 g/mol. The summed E-state index contributed by atoms with van der Waals surface area (Å²) in [6.07, 6.45) is 0.550. The molecule has 18 heteroatoms. The van der Waals surface area contributed by atoms with Crippen molar-refractivity contribution in [3.8, 4) is 0 Å². The van der Waals surface area contributed by atoms with Gasteiger partial charge in [-0.15, -0.1) is 0 Å². The third kappa shape index (κ3) is 22.6. The lowest BCUT2D eigenvalue weighted by Crippen LogP contribution is -2.59. The largest absolute Gasteiger partial charge is 0.481 e. The van der Waals surface area contributed by atoms with Gasteiger partial charge in [-0.2, -0.15) is 0 Å². The van der Waals surface area contributed by atoms with Crippen molar-refractivity contribution in [1.82, 2.24) is 31.9 Å². The average Bonchev–Trinajstić information content (AvgIpc) is 3.27. The van der Waals surface area contributed by atoms with Crippen LogP contribution in [0.4, 0.5) is 9.59 Å². The van der Waals surface area contributed by atoms with E-state index in [-0.39, 0.29) is 70.5 Å². The summed E-state index contributed by atoms with van der Waals surface area (Å²) in [7, 11) is 0. The standard InChI is InChI=1S/C48H65N7O11/c1-48(2,3)66-47(64)55-37(25-14-15-28-50-40(56)26-17-27-41(57)58)43(60)53-39(31-34-20-9-5-10-21-34)45(62)54-38(30-33-18-7-4-8-19-33)44(61)52-36(42(49)59)24-13-16-29-51-46(63)65-32-35-22-11-6-12-23-35/h4-12,18-23,36-39H,13-17,24-32H2,1-3H3,(H2,49,59)(H,50,56)(H,51,63)(H,52,61)(H,53,60)(H,54,62)(H,55,64)(H,57,58)/t36-,37-,38-,39-/m0/s1. The van der Waals surface area contributed by atoms with Crippen molar-refractivity contribution in [1.29, 1.82) is 0 Å². The van der Waals surface area contributed by atoms with Gasteiger partial charge in [-0.25, -0.2) is 9.59 Å². The number of hydrogen-bond acceptors (Lipinski definition) is 10. The van der Waals surface area contributed by atoms with Gasteiger partial charge in [-0.1, -0.05) is 91.0 Å². The third-order valence-corrected chi connectivity index (χ3v) is 9.94. The van der Waals surface area contributed by atoms with E-state index in [0.29, 0.717) is 36.8 Å². The molecule has 0 fully saturated rings. The maximum absolute atomic E-state index is 14.3. The molecule has 3 aromatic rings. The number of carboxylic acid groups (broad SMARTS) is 1. The van der Waals surface area contributed by atoms with E-state index in [1.165, 1.54) is 0 Å². The van der Waals surface area contributed by atoms with Gasteiger partial charge in [0.1, 0.15) is 36.4 Å². The van der Waals surface area contributed by atoms with Crippen LogP contribution in [0, 0.1) is 0 Å². The molecule has 7 amide bonds. The minimum Gasteiger partial charge on any atom is -0.481 e. The number of alkyl carbamates (subject to hydrolysis) is 2. The number of rotatable bonds is 28. The van der Waals surface area contributed by atoms with Gasteiger partial charge in [-0.3, -0.25) is 28.8 Å². The molecule has 0 spiro atoms. The van der Waals surface area contributed by atoms with E-state index in [1.54, 1.807) is 81.4 Å². The van der Waals surface area contributed by atoms with Crippen molar-refractivity contribution in [2.75, 3.05) is 13.1 Å². The fraction of sp³-hybridized carbons (Fsp3) is 0.458. The number of benzene rings is 3. The Balaban J connectivity index is 1.73. The van der Waals surface area contributed by atoms with Crippen LogP contribution in [0.25, 0.3) is 0 Å². The molecule has 0 bridgehead atoms. The number of nitrogens with one attached hydrogen (secondary N) is 6. The average molecular weight is 916 g/mol. The van der Waals surface area contributed by atoms with Crippen LogP contribution in [0.5, 0.6) is 0 Å². The number of aliphatic carboxylic acids is 1. The number of hydrogen-bond donors (Lipinski definition) is 8. The lowest BCUT2D eigenvalue weighted by atomic mass is 10.0. The van der Waals surface area contributed by atoms with Crippen LogP contribution in [0.3, 0.4) is 0 Å². The van der Waals surface area contributed by atoms with Crippen molar-refractivity contribution >= 4 is 47.7 Å². The second-order valence-electron chi connectivity index (χ2n) is 16.7. The number of unbranched alkanes of at least 4 members (excludes halogenated alkanes) is 2. The molecule has 4 atom stereocenters. The summed E-state index contributed by atoms with van der Waals surface area (Å²) in [5, 5.41) is 25.1. The molecule has 3 rings (SSSR count). The van der Waals surface area contributed by atoms with E-state index in [0.717, 1.165) is 5.56 Å². The van der Waals surface area contributed by atoms with Crippen molar-refractivity contribution < 1.29 is 52.9 Å². The first-order valence-electron chi connectivity index (χ1n) is 22.2. The fourth-order valence-corrected chi connectivity index (χ4v) is 6.57. The Hall–Kier alpha value is -6.98. The van der Waals surface area contributed by atoms with Crippen LogP contribution in [-0.2, 0) is 57.7 Å². The molecule has 66 heavy (non-hydrogen) atoms. The number of primary amides is 1. The number of amides is 7. The highest BCUT2D eigenvalue weighted by atomic mass is 16.6. The first-order chi connectivity index (χ1) is 31.5. The molecule has 0 saturated heterocycles. The predicted octanol–water partition coefficient (Wildman–Crippen LogP) is 3.94. The van der Waals surface area contributed by atoms with Gasteiger partial charge in [0.25, 0.3) is 0 Å². The van der Waals surface area contributed by atoms with E-state index in [4.69, 9.17) is 20.3 Å². The van der Waals surface area contributed by atoms with Crippen LogP contribution >= 0.6 is 0 Å². The zero-order chi connectivity index (χ0) is 48.3. The molecule has 358 valence electrons. The lowest BCUT2D eigenvalue weighted by molar-refractivity contribution is -0.137. The van der Waals surface area contributed by atoms with Gasteiger partial charge in [0.15, 0.2) is 0 Å². The lowest BCUT2D eigenvalue weighted by Gasteiger charge is -2.27. The minimum atomic E-state index is -1.25. The van der Waals surface area contributed by atoms with E-state index >= 15 is 0 Å². The molecule has 0 aromatic heterocycles. The molecule has 0 aliphatic rings. The Kier molecular flexibility index (Phi) is 23.2. The zero-order valence-corrected chi connectivity index (χ0v) is 38.0. The van der Waals surface area contributed by atoms with E-state index in [1.807, 2.05) is 30.3 Å². The smallest absolute Gasteiger partial charge is 0.408 e. The number of ether oxygens (including phenoxy) is 2. The number of carbonyl (C=O) groups is 8. The van der Waals surface area contributed by atoms with Gasteiger partial charge in [0.05, 0.1) is 0 Å². The van der Waals surface area contributed by atoms with Gasteiger partial charge >= 0.3 is 18.2 Å². The predicted molar refractivity (Wildman–Crippen MR) is 245 cm³/mol. The molecular formula is C48H65N7O11. The Morgan fingerprint density at radius 3 is 1.48 bits per heavy atom. The van der Waals surface area contributed by atoms with Crippen LogP contribution in [0.1, 0.15) is 95.2 Å². The van der Waals surface area contributed by atoms with Crippen LogP contribution < -0.4 is 37.6 Å². The molecule has 0 aliphatic carbocycles. The summed E-state index contributed by atoms with van der Waals surface area (Å²) in [6, 6.07) is 22.2. The monoisotopic (exact) mass is 915 g/mol. The molecule has 0 radical (unpaired) electrons. The van der Waals surface area contributed by atoms with Gasteiger partial charge in [0, 0.05) is 38.8 Å². The molecule has 3 aromatic carbocycles. The molecule has 0 aliphatic heterocycles. The molecule has 9 N–H and O–H groups in total. The highest BCUT2D eigenvalue weighted by molar-refractivity contribution is 5.95. The summed E-state index contributed by atoms with van der Waals surface area (Å²) in [6.45, 7) is 5.61. The Labute approximate surface area is 385 Å². The first-order valence-corrected chi connectivity index (χ1v) is 22.2. The fourth-order valence-electron chi connectivity index (χ4n) is 6.57. The molecule has 0 unspecified atom stereocenters. The van der Waals surface area contributed by atoms with Crippen molar-refractivity contribution in [3.63, 3.8) is 0 Å². The number of nitrogens with two attached hydrogens (primary N) is 1. The van der Waals surface area contributed by atoms with Gasteiger partial charge in [0.2, 0.25) is 29.5 Å². The highest BCUT2D eigenvalue weighted by Crippen LogP contribution is 2.12. The van der Waals surface area contributed by atoms with Gasteiger partial charge < -0.3 is 52.2 Å². The third-order valence-electron chi connectivity index (χ3n) is 9.94. The highest BCUT2D eigenvalue weighted by Gasteiger charge is 2.32. The Morgan fingerprint density at radius 2 is 1.00 bits per heavy atom. The molecule has 0 saturated carbocycles. The maximum Gasteiger partial charge on any atom is 0.408 e. The molecule has 0 heterocycles. The molecule has 18 nitrogen and oxygen atoms in total. The van der Waals surface area contributed by atoms with Crippen molar-refractivity contribution in [2.45, 2.75) is 128 Å². The van der Waals surface area contributed by atoms with Crippen molar-refractivity contribution in [2.24, 2.45) is 5.73 Å². The van der Waals surface area contributed by atoms with Crippen LogP contribution in [0.15, 0.2) is 91.0 Å². The van der Waals surface area contributed by atoms with E-state index < -0.39 is 71.6 Å². The van der Waals surface area contributed by atoms with Crippen LogP contribution in [0.2, 0.25) is 0 Å². The van der Waals surface area contributed by atoms with Crippen molar-refractivity contribution in [3.05, 3.63) is 108 Å². The number of carbonyl (C=O) groups excluding carboxylic acids is 7. The quantitative estimate of drug-likeness (QED) is 0.0483. The maximum atomic E-state index is 14.3. The summed E-state index contributed by atoms with van der Waals surface area (Å²) in [5.41, 5.74) is 7.05. The first kappa shape index (κ1) is 53.4. The van der Waals surface area contributed by atoms with E-state index in [2.05, 4.69) is 31.9 Å². The topological polar surface area (TPSA) is 273 Å². The normalized spacial score (nSPS) is 12.8. The summed E-state index contributed by atoms with van der Waals surface area (Å²) in [4.78, 5) is 103. The van der Waals surface area contributed by atoms with E-state index in [9.17, 15) is 38.4 Å². The SMILES string of the molecule is CC(C)(C)OC(=O)N[C@@H](CCCCNC(=O)CCCC(=O)O)C(=O)N[C@@H](Cc1ccccc1)C(=O)N[C@@H](Cc1ccccc1)C(=O)N[C@@H](CCCCNC(=O)OCc1ccccc1)C(N)=O. The summed E-state index contributed by atoms with van der Waals surface area (Å²) >= 11 is 0. The summed E-state index contributed by atoms with van der Waals surface area (Å²) < 4.78 is 10.7. The number of carboxylic acids is 1. The minimum absolute atomic E-state index is 0.00288. The Bertz CT molecular complexity index is 2020. The zero-order valence-electron chi connectivity index (χ0n) is 38.0. The Morgan fingerprint density at radius 1 is 0.545 bits per heavy atom. The second kappa shape index (κ2) is 28.7. The summed E-state index contributed by atoms with van der Waals surface area (Å²) in [5.74, 6) is -4.20. The van der Waals surface area contributed by atoms with Gasteiger partial charge in [-0.05, 0) is 82.4 Å². The van der Waals surface area contributed by atoms with Crippen LogP contribution in [-0.4, -0.2) is 95.7 Å². The second-order valence-corrected chi connectivity index (χ2v) is 16.7.